The van der Waals surface area contributed by atoms with Gasteiger partial charge in [0.1, 0.15) is 0 Å². The predicted molar refractivity (Wildman–Crippen MR) is 59.7 cm³/mol. The number of urea groups is 1. The molecule has 0 spiro atoms. The van der Waals surface area contributed by atoms with Crippen molar-refractivity contribution < 1.29 is 19.4 Å². The fourth-order valence-electron chi connectivity index (χ4n) is 2.22. The van der Waals surface area contributed by atoms with Crippen LogP contribution in [0.5, 0.6) is 0 Å². The van der Waals surface area contributed by atoms with Crippen LogP contribution in [0.25, 0.3) is 0 Å². The van der Waals surface area contributed by atoms with Crippen molar-refractivity contribution >= 4 is 12.0 Å². The lowest BCUT2D eigenvalue weighted by molar-refractivity contribution is -0.139. The molecule has 0 aromatic rings. The highest BCUT2D eigenvalue weighted by Gasteiger charge is 2.32. The van der Waals surface area contributed by atoms with Gasteiger partial charge in [0, 0.05) is 38.3 Å². The minimum atomic E-state index is -0.792. The summed E-state index contributed by atoms with van der Waals surface area (Å²) in [5, 5.41) is 11.6. The standard InChI is InChI=1S/C11H18N2O4/c14-10(15)5-8-6-13(7-8)11(16)12-9-1-3-17-4-2-9/h8-9H,1-7H2,(H,12,16)(H,14,15). The van der Waals surface area contributed by atoms with Gasteiger partial charge in [-0.2, -0.15) is 0 Å². The Bertz CT molecular complexity index is 296. The number of hydrogen-bond donors (Lipinski definition) is 2. The van der Waals surface area contributed by atoms with Crippen molar-refractivity contribution in [1.29, 1.82) is 0 Å². The molecule has 2 N–H and O–H groups in total. The summed E-state index contributed by atoms with van der Waals surface area (Å²) in [7, 11) is 0. The summed E-state index contributed by atoms with van der Waals surface area (Å²) in [6.45, 7) is 2.52. The Hall–Kier alpha value is -1.30. The molecule has 96 valence electrons. The zero-order valence-electron chi connectivity index (χ0n) is 9.72. The average Bonchev–Trinajstić information content (AvgIpc) is 2.23. The van der Waals surface area contributed by atoms with Crippen LogP contribution in [0.15, 0.2) is 0 Å². The van der Waals surface area contributed by atoms with Crippen LogP contribution in [0.3, 0.4) is 0 Å². The molecule has 2 aliphatic rings. The number of carboxylic acid groups (broad SMARTS) is 1. The normalized spacial score (nSPS) is 22.0. The Morgan fingerprint density at radius 1 is 1.29 bits per heavy atom. The minimum Gasteiger partial charge on any atom is -0.481 e. The van der Waals surface area contributed by atoms with E-state index in [2.05, 4.69) is 5.32 Å². The second kappa shape index (κ2) is 5.35. The Morgan fingerprint density at radius 2 is 1.94 bits per heavy atom. The molecule has 0 aromatic carbocycles. The van der Waals surface area contributed by atoms with Crippen LogP contribution in [0, 0.1) is 5.92 Å². The highest BCUT2D eigenvalue weighted by atomic mass is 16.5. The Morgan fingerprint density at radius 3 is 2.53 bits per heavy atom. The molecule has 2 fully saturated rings. The molecule has 6 heteroatoms. The van der Waals surface area contributed by atoms with Crippen molar-refractivity contribution in [2.75, 3.05) is 26.3 Å². The monoisotopic (exact) mass is 242 g/mol. The maximum Gasteiger partial charge on any atom is 0.317 e. The summed E-state index contributed by atoms with van der Waals surface area (Å²) in [5.74, 6) is -0.674. The number of nitrogens with zero attached hydrogens (tertiary/aromatic N) is 1. The molecule has 2 amide bonds. The third-order valence-corrected chi connectivity index (χ3v) is 3.26. The molecule has 0 aromatic heterocycles. The number of likely N-dealkylation sites (tertiary alicyclic amines) is 1. The number of aliphatic carboxylic acids is 1. The van der Waals surface area contributed by atoms with Crippen LogP contribution < -0.4 is 5.32 Å². The van der Waals surface area contributed by atoms with Crippen molar-refractivity contribution in [3.05, 3.63) is 0 Å². The minimum absolute atomic E-state index is 0.0708. The molecule has 17 heavy (non-hydrogen) atoms. The van der Waals surface area contributed by atoms with Crippen LogP contribution in [-0.4, -0.2) is 54.4 Å². The first kappa shape index (κ1) is 12.2. The number of carbonyl (C=O) groups is 2. The largest absolute Gasteiger partial charge is 0.481 e. The lowest BCUT2D eigenvalue weighted by Gasteiger charge is -2.39. The molecule has 0 unspecified atom stereocenters. The van der Waals surface area contributed by atoms with Gasteiger partial charge in [0.2, 0.25) is 0 Å². The first-order valence-corrected chi connectivity index (χ1v) is 6.00. The van der Waals surface area contributed by atoms with Crippen molar-refractivity contribution in [3.8, 4) is 0 Å². The number of ether oxygens (including phenoxy) is 1. The molecule has 0 bridgehead atoms. The third kappa shape index (κ3) is 3.33. The van der Waals surface area contributed by atoms with Gasteiger partial charge in [0.15, 0.2) is 0 Å². The lowest BCUT2D eigenvalue weighted by Crippen LogP contribution is -2.56. The Labute approximate surface area is 99.9 Å². The molecule has 0 saturated carbocycles. The van der Waals surface area contributed by atoms with E-state index in [1.165, 1.54) is 0 Å². The maximum absolute atomic E-state index is 11.8. The fraction of sp³-hybridized carbons (Fsp3) is 0.818. The molecule has 2 rings (SSSR count). The van der Waals surface area contributed by atoms with Gasteiger partial charge >= 0.3 is 12.0 Å². The highest BCUT2D eigenvalue weighted by Crippen LogP contribution is 2.19. The second-order valence-electron chi connectivity index (χ2n) is 4.71. The Balaban J connectivity index is 1.66. The number of amides is 2. The topological polar surface area (TPSA) is 78.9 Å². The molecule has 6 nitrogen and oxygen atoms in total. The van der Waals surface area contributed by atoms with Gasteiger partial charge in [-0.15, -0.1) is 0 Å². The first-order chi connectivity index (χ1) is 8.15. The summed E-state index contributed by atoms with van der Waals surface area (Å²) in [4.78, 5) is 23.9. The zero-order valence-corrected chi connectivity index (χ0v) is 9.72. The molecule has 2 aliphatic heterocycles. The van der Waals surface area contributed by atoms with Gasteiger partial charge in [-0.3, -0.25) is 4.79 Å². The van der Waals surface area contributed by atoms with E-state index in [1.54, 1.807) is 4.90 Å². The number of nitrogens with one attached hydrogen (secondary N) is 1. The number of carbonyl (C=O) groups excluding carboxylic acids is 1. The van der Waals surface area contributed by atoms with E-state index in [9.17, 15) is 9.59 Å². The summed E-state index contributed by atoms with van der Waals surface area (Å²) in [6, 6.07) is 0.133. The molecular formula is C11H18N2O4. The van der Waals surface area contributed by atoms with E-state index in [-0.39, 0.29) is 24.4 Å². The predicted octanol–water partition coefficient (Wildman–Crippen LogP) is 0.281. The van der Waals surface area contributed by atoms with Gasteiger partial charge in [0.25, 0.3) is 0 Å². The lowest BCUT2D eigenvalue weighted by atomic mass is 9.97. The second-order valence-corrected chi connectivity index (χ2v) is 4.71. The van der Waals surface area contributed by atoms with E-state index in [1.807, 2.05) is 0 Å². The summed E-state index contributed by atoms with van der Waals surface area (Å²) in [6.07, 6.45) is 1.87. The maximum atomic E-state index is 11.8. The number of hydrogen-bond acceptors (Lipinski definition) is 3. The molecule has 0 radical (unpaired) electrons. The van der Waals surface area contributed by atoms with Gasteiger partial charge in [-0.1, -0.05) is 0 Å². The fourth-order valence-corrected chi connectivity index (χ4v) is 2.22. The van der Waals surface area contributed by atoms with E-state index in [4.69, 9.17) is 9.84 Å². The molecule has 2 heterocycles. The molecule has 0 atom stereocenters. The zero-order chi connectivity index (χ0) is 12.3. The van der Waals surface area contributed by atoms with E-state index in [0.29, 0.717) is 26.3 Å². The smallest absolute Gasteiger partial charge is 0.317 e. The van der Waals surface area contributed by atoms with E-state index in [0.717, 1.165) is 12.8 Å². The summed E-state index contributed by atoms with van der Waals surface area (Å²) in [5.41, 5.74) is 0. The van der Waals surface area contributed by atoms with E-state index < -0.39 is 5.97 Å². The molecule has 2 saturated heterocycles. The van der Waals surface area contributed by atoms with Crippen molar-refractivity contribution in [2.24, 2.45) is 5.92 Å². The van der Waals surface area contributed by atoms with Gasteiger partial charge in [-0.05, 0) is 12.8 Å². The third-order valence-electron chi connectivity index (χ3n) is 3.26. The van der Waals surface area contributed by atoms with Crippen molar-refractivity contribution in [3.63, 3.8) is 0 Å². The SMILES string of the molecule is O=C(O)CC1CN(C(=O)NC2CCOCC2)C1. The van der Waals surface area contributed by atoms with Crippen LogP contribution in [0.1, 0.15) is 19.3 Å². The number of carboxylic acids is 1. The highest BCUT2D eigenvalue weighted by molar-refractivity contribution is 5.76. The average molecular weight is 242 g/mol. The van der Waals surface area contributed by atoms with Crippen LogP contribution in [0.2, 0.25) is 0 Å². The molecular weight excluding hydrogens is 224 g/mol. The van der Waals surface area contributed by atoms with Gasteiger partial charge < -0.3 is 20.1 Å². The van der Waals surface area contributed by atoms with Crippen LogP contribution in [0.4, 0.5) is 4.79 Å². The quantitative estimate of drug-likeness (QED) is 0.745. The van der Waals surface area contributed by atoms with Crippen molar-refractivity contribution in [1.82, 2.24) is 10.2 Å². The van der Waals surface area contributed by atoms with E-state index >= 15 is 0 Å². The number of rotatable bonds is 3. The molecule has 0 aliphatic carbocycles. The summed E-state index contributed by atoms with van der Waals surface area (Å²) >= 11 is 0. The van der Waals surface area contributed by atoms with Gasteiger partial charge in [0.05, 0.1) is 6.42 Å². The van der Waals surface area contributed by atoms with Gasteiger partial charge in [-0.25, -0.2) is 4.79 Å². The summed E-state index contributed by atoms with van der Waals surface area (Å²) < 4.78 is 5.21. The van der Waals surface area contributed by atoms with Crippen LogP contribution >= 0.6 is 0 Å². The first-order valence-electron chi connectivity index (χ1n) is 6.00. The Kier molecular flexibility index (Phi) is 3.83. The van der Waals surface area contributed by atoms with Crippen LogP contribution in [-0.2, 0) is 9.53 Å². The van der Waals surface area contributed by atoms with Crippen molar-refractivity contribution in [2.45, 2.75) is 25.3 Å².